The maximum absolute atomic E-state index is 12.9. The Kier molecular flexibility index (Phi) is 5.60. The van der Waals surface area contributed by atoms with Crippen LogP contribution in [0.3, 0.4) is 0 Å². The minimum Gasteiger partial charge on any atom is -0.495 e. The standard InChI is InChI=1S/C18H19ClN2O4S2/c1-11-10-21(12(2)22)16-9-14(5-7-18(16)26-11)27(23,24)20-15-8-13(19)4-6-17(15)25-3/h4-9,11,20H,10H2,1-3H3/t11-/m1/s1. The largest absolute Gasteiger partial charge is 0.495 e. The summed E-state index contributed by atoms with van der Waals surface area (Å²) in [5, 5.41) is 0.616. The van der Waals surface area contributed by atoms with E-state index in [1.54, 1.807) is 34.9 Å². The van der Waals surface area contributed by atoms with E-state index in [0.717, 1.165) is 4.90 Å². The van der Waals surface area contributed by atoms with Crippen LogP contribution in [0.2, 0.25) is 5.02 Å². The van der Waals surface area contributed by atoms with Crippen LogP contribution < -0.4 is 14.4 Å². The Labute approximate surface area is 167 Å². The number of thioether (sulfide) groups is 1. The lowest BCUT2D eigenvalue weighted by molar-refractivity contribution is -0.116. The van der Waals surface area contributed by atoms with Crippen LogP contribution in [-0.4, -0.2) is 33.2 Å². The van der Waals surface area contributed by atoms with Crippen LogP contribution in [0.1, 0.15) is 13.8 Å². The minimum absolute atomic E-state index is 0.0599. The van der Waals surface area contributed by atoms with Crippen LogP contribution in [-0.2, 0) is 14.8 Å². The van der Waals surface area contributed by atoms with Gasteiger partial charge < -0.3 is 9.64 Å². The van der Waals surface area contributed by atoms with Gasteiger partial charge in [0.1, 0.15) is 5.75 Å². The van der Waals surface area contributed by atoms with E-state index in [-0.39, 0.29) is 21.7 Å². The van der Waals surface area contributed by atoms with Crippen LogP contribution in [0.4, 0.5) is 11.4 Å². The molecule has 0 radical (unpaired) electrons. The number of fused-ring (bicyclic) bond motifs is 1. The van der Waals surface area contributed by atoms with Gasteiger partial charge >= 0.3 is 0 Å². The third kappa shape index (κ3) is 4.17. The van der Waals surface area contributed by atoms with Gasteiger partial charge in [-0.05, 0) is 36.4 Å². The molecule has 2 aromatic rings. The second-order valence-electron chi connectivity index (χ2n) is 6.14. The highest BCUT2D eigenvalue weighted by atomic mass is 35.5. The lowest BCUT2D eigenvalue weighted by Gasteiger charge is -2.32. The highest BCUT2D eigenvalue weighted by molar-refractivity contribution is 8.00. The molecule has 2 aromatic carbocycles. The molecule has 0 bridgehead atoms. The maximum Gasteiger partial charge on any atom is 0.262 e. The third-order valence-electron chi connectivity index (χ3n) is 4.09. The number of hydrogen-bond acceptors (Lipinski definition) is 5. The van der Waals surface area contributed by atoms with Crippen molar-refractivity contribution in [3.05, 3.63) is 41.4 Å². The van der Waals surface area contributed by atoms with E-state index in [1.165, 1.54) is 32.2 Å². The van der Waals surface area contributed by atoms with Crippen LogP contribution in [0.25, 0.3) is 0 Å². The molecule has 1 aliphatic heterocycles. The van der Waals surface area contributed by atoms with Gasteiger partial charge in [-0.25, -0.2) is 8.42 Å². The molecule has 0 aromatic heterocycles. The van der Waals surface area contributed by atoms with Gasteiger partial charge in [0.05, 0.1) is 23.4 Å². The van der Waals surface area contributed by atoms with Crippen molar-refractivity contribution in [2.75, 3.05) is 23.3 Å². The number of anilines is 2. The van der Waals surface area contributed by atoms with Crippen molar-refractivity contribution in [3.63, 3.8) is 0 Å². The summed E-state index contributed by atoms with van der Waals surface area (Å²) in [6.45, 7) is 4.04. The number of benzene rings is 2. The maximum atomic E-state index is 12.9. The molecule has 3 rings (SSSR count). The molecule has 1 heterocycles. The molecular weight excluding hydrogens is 408 g/mol. The molecule has 6 nitrogen and oxygen atoms in total. The van der Waals surface area contributed by atoms with E-state index >= 15 is 0 Å². The lowest BCUT2D eigenvalue weighted by Crippen LogP contribution is -2.37. The smallest absolute Gasteiger partial charge is 0.262 e. The number of halogens is 1. The number of methoxy groups -OCH3 is 1. The van der Waals surface area contributed by atoms with Gasteiger partial charge in [0.2, 0.25) is 5.91 Å². The van der Waals surface area contributed by atoms with E-state index in [1.807, 2.05) is 6.92 Å². The first-order valence-electron chi connectivity index (χ1n) is 8.16. The first-order valence-corrected chi connectivity index (χ1v) is 10.9. The zero-order valence-corrected chi connectivity index (χ0v) is 17.4. The van der Waals surface area contributed by atoms with E-state index in [4.69, 9.17) is 16.3 Å². The van der Waals surface area contributed by atoms with Gasteiger partial charge in [0.15, 0.2) is 0 Å². The van der Waals surface area contributed by atoms with Gasteiger partial charge in [-0.3, -0.25) is 9.52 Å². The second-order valence-corrected chi connectivity index (χ2v) is 9.74. The number of carbonyl (C=O) groups is 1. The summed E-state index contributed by atoms with van der Waals surface area (Å²) in [5.74, 6) is 0.234. The molecule has 1 N–H and O–H groups in total. The summed E-state index contributed by atoms with van der Waals surface area (Å²) in [4.78, 5) is 14.5. The molecule has 9 heteroatoms. The summed E-state index contributed by atoms with van der Waals surface area (Å²) in [6.07, 6.45) is 0. The van der Waals surface area contributed by atoms with Gasteiger partial charge in [-0.15, -0.1) is 11.8 Å². The van der Waals surface area contributed by atoms with Gasteiger partial charge in [0.25, 0.3) is 10.0 Å². The summed E-state index contributed by atoms with van der Waals surface area (Å²) >= 11 is 7.59. The van der Waals surface area contributed by atoms with E-state index in [0.29, 0.717) is 23.0 Å². The Morgan fingerprint density at radius 1 is 1.30 bits per heavy atom. The number of nitrogens with one attached hydrogen (secondary N) is 1. The molecule has 0 aliphatic carbocycles. The molecule has 144 valence electrons. The molecule has 1 amide bonds. The SMILES string of the molecule is COc1ccc(Cl)cc1NS(=O)(=O)c1ccc2c(c1)N(C(C)=O)C[C@@H](C)S2. The fourth-order valence-electron chi connectivity index (χ4n) is 2.85. The Bertz CT molecular complexity index is 995. The normalized spacial score (nSPS) is 16.6. The predicted molar refractivity (Wildman–Crippen MR) is 109 cm³/mol. The number of rotatable bonds is 4. The number of ether oxygens (including phenoxy) is 1. The number of sulfonamides is 1. The zero-order valence-electron chi connectivity index (χ0n) is 15.0. The molecule has 27 heavy (non-hydrogen) atoms. The minimum atomic E-state index is -3.89. The third-order valence-corrected chi connectivity index (χ3v) is 6.83. The monoisotopic (exact) mass is 426 g/mol. The lowest BCUT2D eigenvalue weighted by atomic mass is 10.2. The number of carbonyl (C=O) groups excluding carboxylic acids is 1. The topological polar surface area (TPSA) is 75.7 Å². The highest BCUT2D eigenvalue weighted by Gasteiger charge is 2.27. The van der Waals surface area contributed by atoms with Crippen molar-refractivity contribution in [2.24, 2.45) is 0 Å². The molecule has 0 spiro atoms. The van der Waals surface area contributed by atoms with Crippen molar-refractivity contribution >= 4 is 50.7 Å². The van der Waals surface area contributed by atoms with Gasteiger partial charge in [0, 0.05) is 28.6 Å². The Hall–Kier alpha value is -1.90. The average Bonchev–Trinajstić information content (AvgIpc) is 2.60. The Morgan fingerprint density at radius 3 is 2.70 bits per heavy atom. The summed E-state index contributed by atoms with van der Waals surface area (Å²) in [6, 6.07) is 9.46. The summed E-state index contributed by atoms with van der Waals surface area (Å²) in [7, 11) is -2.45. The summed E-state index contributed by atoms with van der Waals surface area (Å²) < 4.78 is 33.5. The van der Waals surface area contributed by atoms with Gasteiger partial charge in [-0.2, -0.15) is 0 Å². The fourth-order valence-corrected chi connectivity index (χ4v) is 5.19. The average molecular weight is 427 g/mol. The zero-order chi connectivity index (χ0) is 19.8. The van der Waals surface area contributed by atoms with E-state index in [2.05, 4.69) is 4.72 Å². The van der Waals surface area contributed by atoms with Crippen LogP contribution in [0.5, 0.6) is 5.75 Å². The molecule has 0 unspecified atom stereocenters. The van der Waals surface area contributed by atoms with Crippen molar-refractivity contribution in [2.45, 2.75) is 28.9 Å². The Morgan fingerprint density at radius 2 is 2.04 bits per heavy atom. The highest BCUT2D eigenvalue weighted by Crippen LogP contribution is 2.40. The number of nitrogens with zero attached hydrogens (tertiary/aromatic N) is 1. The van der Waals surface area contributed by atoms with E-state index in [9.17, 15) is 13.2 Å². The number of amides is 1. The molecule has 1 aliphatic rings. The van der Waals surface area contributed by atoms with Gasteiger partial charge in [-0.1, -0.05) is 18.5 Å². The second kappa shape index (κ2) is 7.61. The van der Waals surface area contributed by atoms with Crippen LogP contribution in [0.15, 0.2) is 46.2 Å². The molecule has 0 saturated heterocycles. The van der Waals surface area contributed by atoms with Crippen molar-refractivity contribution in [3.8, 4) is 5.75 Å². The van der Waals surface area contributed by atoms with E-state index < -0.39 is 10.0 Å². The predicted octanol–water partition coefficient (Wildman–Crippen LogP) is 4.00. The quantitative estimate of drug-likeness (QED) is 0.799. The van der Waals surface area contributed by atoms with Crippen molar-refractivity contribution < 1.29 is 17.9 Å². The number of hydrogen-bond donors (Lipinski definition) is 1. The van der Waals surface area contributed by atoms with Crippen LogP contribution in [0, 0.1) is 0 Å². The Balaban J connectivity index is 2.00. The van der Waals surface area contributed by atoms with Crippen LogP contribution >= 0.6 is 23.4 Å². The van der Waals surface area contributed by atoms with Crippen molar-refractivity contribution in [1.29, 1.82) is 0 Å². The molecule has 0 fully saturated rings. The first kappa shape index (κ1) is 19.9. The molecule has 0 saturated carbocycles. The summed E-state index contributed by atoms with van der Waals surface area (Å²) in [5.41, 5.74) is 0.848. The first-order chi connectivity index (χ1) is 12.7. The molecular formula is C18H19ClN2O4S2. The fraction of sp³-hybridized carbons (Fsp3) is 0.278. The molecule has 1 atom stereocenters. The van der Waals surface area contributed by atoms with Crippen molar-refractivity contribution in [1.82, 2.24) is 0 Å².